The fourth-order valence-corrected chi connectivity index (χ4v) is 1.78. The Kier molecular flexibility index (Phi) is 3.55. The van der Waals surface area contributed by atoms with E-state index in [1.165, 1.54) is 5.56 Å². The van der Waals surface area contributed by atoms with Crippen LogP contribution in [0.15, 0.2) is 42.5 Å². The molecular weight excluding hydrogens is 234 g/mol. The van der Waals surface area contributed by atoms with Crippen LogP contribution >= 0.6 is 11.6 Å². The van der Waals surface area contributed by atoms with E-state index in [2.05, 4.69) is 13.0 Å². The highest BCUT2D eigenvalue weighted by Gasteiger charge is 2.03. The molecule has 0 aliphatic heterocycles. The van der Waals surface area contributed by atoms with E-state index in [0.717, 1.165) is 12.2 Å². The van der Waals surface area contributed by atoms with E-state index in [-0.39, 0.29) is 0 Å². The molecule has 0 aliphatic carbocycles. The molecule has 2 rings (SSSR count). The molecule has 2 nitrogen and oxygen atoms in total. The Morgan fingerprint density at radius 1 is 1.18 bits per heavy atom. The highest BCUT2D eigenvalue weighted by molar-refractivity contribution is 6.32. The monoisotopic (exact) mass is 247 g/mol. The SMILES string of the molecule is CCc1cccc(Oc2ccc(N)cc2Cl)c1. The van der Waals surface area contributed by atoms with E-state index in [1.807, 2.05) is 18.2 Å². The fraction of sp³-hybridized carbons (Fsp3) is 0.143. The van der Waals surface area contributed by atoms with Gasteiger partial charge in [0.25, 0.3) is 0 Å². The lowest BCUT2D eigenvalue weighted by atomic mass is 10.2. The van der Waals surface area contributed by atoms with Gasteiger partial charge >= 0.3 is 0 Å². The number of rotatable bonds is 3. The van der Waals surface area contributed by atoms with Gasteiger partial charge in [-0.25, -0.2) is 0 Å². The van der Waals surface area contributed by atoms with Gasteiger partial charge in [0.1, 0.15) is 11.5 Å². The number of ether oxygens (including phenoxy) is 1. The third kappa shape index (κ3) is 2.92. The highest BCUT2D eigenvalue weighted by Crippen LogP contribution is 2.31. The molecule has 0 amide bonds. The van der Waals surface area contributed by atoms with Crippen molar-refractivity contribution in [2.75, 3.05) is 5.73 Å². The van der Waals surface area contributed by atoms with Gasteiger partial charge in [-0.15, -0.1) is 0 Å². The largest absolute Gasteiger partial charge is 0.456 e. The minimum Gasteiger partial charge on any atom is -0.456 e. The first kappa shape index (κ1) is 11.8. The predicted octanol–water partition coefficient (Wildman–Crippen LogP) is 4.28. The zero-order valence-electron chi connectivity index (χ0n) is 9.61. The third-order valence-corrected chi connectivity index (χ3v) is 2.79. The summed E-state index contributed by atoms with van der Waals surface area (Å²) in [5, 5.41) is 0.520. The molecule has 0 fully saturated rings. The summed E-state index contributed by atoms with van der Waals surface area (Å²) in [5.74, 6) is 1.41. The highest BCUT2D eigenvalue weighted by atomic mass is 35.5. The number of benzene rings is 2. The zero-order chi connectivity index (χ0) is 12.3. The van der Waals surface area contributed by atoms with Crippen LogP contribution < -0.4 is 10.5 Å². The summed E-state index contributed by atoms with van der Waals surface area (Å²) >= 11 is 6.05. The van der Waals surface area contributed by atoms with Crippen molar-refractivity contribution in [1.29, 1.82) is 0 Å². The Morgan fingerprint density at radius 3 is 2.71 bits per heavy atom. The van der Waals surface area contributed by atoms with Gasteiger partial charge in [0.05, 0.1) is 5.02 Å². The fourth-order valence-electron chi connectivity index (χ4n) is 1.56. The van der Waals surface area contributed by atoms with Crippen LogP contribution in [0.2, 0.25) is 5.02 Å². The molecule has 2 N–H and O–H groups in total. The lowest BCUT2D eigenvalue weighted by molar-refractivity contribution is 0.482. The first-order valence-electron chi connectivity index (χ1n) is 5.51. The molecule has 0 aliphatic rings. The molecular formula is C14H14ClNO. The molecule has 0 spiro atoms. The average molecular weight is 248 g/mol. The second kappa shape index (κ2) is 5.11. The topological polar surface area (TPSA) is 35.2 Å². The van der Waals surface area contributed by atoms with E-state index in [0.29, 0.717) is 16.5 Å². The van der Waals surface area contributed by atoms with E-state index >= 15 is 0 Å². The van der Waals surface area contributed by atoms with E-state index in [1.54, 1.807) is 18.2 Å². The molecule has 0 unspecified atom stereocenters. The van der Waals surface area contributed by atoms with Crippen LogP contribution in [0, 0.1) is 0 Å². The van der Waals surface area contributed by atoms with Gasteiger partial charge < -0.3 is 10.5 Å². The Balaban J connectivity index is 2.25. The van der Waals surface area contributed by atoms with Crippen molar-refractivity contribution in [3.8, 4) is 11.5 Å². The van der Waals surface area contributed by atoms with Gasteiger partial charge in [0.15, 0.2) is 0 Å². The van der Waals surface area contributed by atoms with Crippen LogP contribution in [0.3, 0.4) is 0 Å². The number of anilines is 1. The predicted molar refractivity (Wildman–Crippen MR) is 71.8 cm³/mol. The number of hydrogen-bond donors (Lipinski definition) is 1. The molecule has 0 saturated heterocycles. The lowest BCUT2D eigenvalue weighted by Gasteiger charge is -2.09. The van der Waals surface area contributed by atoms with Crippen molar-refractivity contribution >= 4 is 17.3 Å². The van der Waals surface area contributed by atoms with Gasteiger partial charge in [-0.2, -0.15) is 0 Å². The van der Waals surface area contributed by atoms with Crippen molar-refractivity contribution < 1.29 is 4.74 Å². The summed E-state index contributed by atoms with van der Waals surface area (Å²) in [7, 11) is 0. The summed E-state index contributed by atoms with van der Waals surface area (Å²) in [4.78, 5) is 0. The molecule has 0 heterocycles. The number of nitrogens with two attached hydrogens (primary N) is 1. The molecule has 0 radical (unpaired) electrons. The van der Waals surface area contributed by atoms with Gasteiger partial charge in [-0.3, -0.25) is 0 Å². The number of hydrogen-bond acceptors (Lipinski definition) is 2. The molecule has 17 heavy (non-hydrogen) atoms. The molecule has 0 atom stereocenters. The maximum Gasteiger partial charge on any atom is 0.146 e. The Bertz CT molecular complexity index is 525. The van der Waals surface area contributed by atoms with E-state index < -0.39 is 0 Å². The maximum atomic E-state index is 6.05. The van der Waals surface area contributed by atoms with Crippen LogP contribution in [0.5, 0.6) is 11.5 Å². The van der Waals surface area contributed by atoms with Crippen LogP contribution in [0.1, 0.15) is 12.5 Å². The summed E-state index contributed by atoms with van der Waals surface area (Å²) in [6.45, 7) is 2.11. The number of nitrogen functional groups attached to an aromatic ring is 1. The number of halogens is 1. The van der Waals surface area contributed by atoms with Crippen molar-refractivity contribution in [3.05, 3.63) is 53.1 Å². The Labute approximate surface area is 106 Å². The smallest absolute Gasteiger partial charge is 0.146 e. The molecule has 2 aromatic carbocycles. The first-order chi connectivity index (χ1) is 8.19. The quantitative estimate of drug-likeness (QED) is 0.822. The third-order valence-electron chi connectivity index (χ3n) is 2.49. The van der Waals surface area contributed by atoms with Gasteiger partial charge in [0, 0.05) is 5.69 Å². The van der Waals surface area contributed by atoms with E-state index in [4.69, 9.17) is 22.1 Å². The minimum atomic E-state index is 0.520. The second-order valence-corrected chi connectivity index (χ2v) is 4.20. The van der Waals surface area contributed by atoms with Crippen molar-refractivity contribution in [2.24, 2.45) is 0 Å². The molecule has 0 aromatic heterocycles. The van der Waals surface area contributed by atoms with Crippen LogP contribution in [0.4, 0.5) is 5.69 Å². The minimum absolute atomic E-state index is 0.520. The van der Waals surface area contributed by atoms with E-state index in [9.17, 15) is 0 Å². The van der Waals surface area contributed by atoms with Crippen LogP contribution in [-0.4, -0.2) is 0 Å². The lowest BCUT2D eigenvalue weighted by Crippen LogP contribution is -1.89. The number of aryl methyl sites for hydroxylation is 1. The second-order valence-electron chi connectivity index (χ2n) is 3.79. The Morgan fingerprint density at radius 2 is 2.00 bits per heavy atom. The van der Waals surface area contributed by atoms with Crippen LogP contribution in [0.25, 0.3) is 0 Å². The molecule has 0 bridgehead atoms. The van der Waals surface area contributed by atoms with Gasteiger partial charge in [-0.1, -0.05) is 30.7 Å². The molecule has 0 saturated carbocycles. The van der Waals surface area contributed by atoms with Crippen molar-refractivity contribution in [2.45, 2.75) is 13.3 Å². The van der Waals surface area contributed by atoms with Crippen molar-refractivity contribution in [1.82, 2.24) is 0 Å². The average Bonchev–Trinajstić information content (AvgIpc) is 2.33. The Hall–Kier alpha value is -1.67. The molecule has 3 heteroatoms. The summed E-state index contributed by atoms with van der Waals surface area (Å²) in [6.07, 6.45) is 0.979. The summed E-state index contributed by atoms with van der Waals surface area (Å²) in [5.41, 5.74) is 7.49. The summed E-state index contributed by atoms with van der Waals surface area (Å²) in [6, 6.07) is 13.2. The van der Waals surface area contributed by atoms with Gasteiger partial charge in [0.2, 0.25) is 0 Å². The molecule has 88 valence electrons. The summed E-state index contributed by atoms with van der Waals surface area (Å²) < 4.78 is 5.72. The maximum absolute atomic E-state index is 6.05. The standard InChI is InChI=1S/C14H14ClNO/c1-2-10-4-3-5-12(8-10)17-14-7-6-11(16)9-13(14)15/h3-9H,2,16H2,1H3. The van der Waals surface area contributed by atoms with Crippen LogP contribution in [-0.2, 0) is 6.42 Å². The van der Waals surface area contributed by atoms with Gasteiger partial charge in [-0.05, 0) is 42.3 Å². The zero-order valence-corrected chi connectivity index (χ0v) is 10.4. The molecule has 2 aromatic rings. The first-order valence-corrected chi connectivity index (χ1v) is 5.88. The normalized spacial score (nSPS) is 10.2. The van der Waals surface area contributed by atoms with Crippen molar-refractivity contribution in [3.63, 3.8) is 0 Å².